The average molecular weight is 329 g/mol. The summed E-state index contributed by atoms with van der Waals surface area (Å²) in [5, 5.41) is 0.370. The first-order valence-electron chi connectivity index (χ1n) is 5.75. The van der Waals surface area contributed by atoms with Crippen LogP contribution in [0, 0.1) is 0 Å². The SMILES string of the molecule is C.CN.CN=C(N)CCCS(=O)(=O)O.O=C1CCCS1. The minimum absolute atomic E-state index is 0. The van der Waals surface area contributed by atoms with Crippen LogP contribution >= 0.6 is 11.8 Å². The summed E-state index contributed by atoms with van der Waals surface area (Å²) in [7, 11) is -0.808. The van der Waals surface area contributed by atoms with Gasteiger partial charge in [-0.25, -0.2) is 0 Å². The second-order valence-corrected chi connectivity index (χ2v) is 6.15. The molecule has 0 atom stereocenters. The number of carbonyl (C=O) groups is 1. The van der Waals surface area contributed by atoms with E-state index in [1.807, 2.05) is 0 Å². The third kappa shape index (κ3) is 19.7. The number of nitrogens with zero attached hydrogens (tertiary/aromatic N) is 1. The first kappa shape index (κ1) is 24.4. The Morgan fingerprint density at radius 3 is 2.25 bits per heavy atom. The molecule has 20 heavy (non-hydrogen) atoms. The molecule has 0 aromatic rings. The van der Waals surface area contributed by atoms with Gasteiger partial charge in [0.05, 0.1) is 11.6 Å². The van der Waals surface area contributed by atoms with Crippen molar-refractivity contribution >= 4 is 32.8 Å². The Morgan fingerprint density at radius 1 is 1.45 bits per heavy atom. The summed E-state index contributed by atoms with van der Waals surface area (Å²) >= 11 is 1.46. The van der Waals surface area contributed by atoms with E-state index in [1.54, 1.807) is 0 Å². The summed E-state index contributed by atoms with van der Waals surface area (Å²) < 4.78 is 28.6. The van der Waals surface area contributed by atoms with Crippen molar-refractivity contribution in [3.63, 3.8) is 0 Å². The summed E-state index contributed by atoms with van der Waals surface area (Å²) in [5.41, 5.74) is 9.78. The first-order chi connectivity index (χ1) is 8.85. The van der Waals surface area contributed by atoms with E-state index in [0.29, 0.717) is 23.8 Å². The lowest BCUT2D eigenvalue weighted by Crippen LogP contribution is -2.13. The van der Waals surface area contributed by atoms with Gasteiger partial charge in [0.15, 0.2) is 5.12 Å². The number of hydrogen-bond acceptors (Lipinski definition) is 6. The van der Waals surface area contributed by atoms with Crippen LogP contribution in [0.5, 0.6) is 0 Å². The van der Waals surface area contributed by atoms with Crippen molar-refractivity contribution in [3.05, 3.63) is 0 Å². The monoisotopic (exact) mass is 329 g/mol. The zero-order valence-corrected chi connectivity index (χ0v) is 13.0. The van der Waals surface area contributed by atoms with Gasteiger partial charge in [0.2, 0.25) is 0 Å². The largest absolute Gasteiger partial charge is 0.387 e. The maximum absolute atomic E-state index is 10.2. The van der Waals surface area contributed by atoms with E-state index in [2.05, 4.69) is 10.7 Å². The molecule has 0 unspecified atom stereocenters. The molecule has 122 valence electrons. The predicted molar refractivity (Wildman–Crippen MR) is 86.7 cm³/mol. The second-order valence-electron chi connectivity index (χ2n) is 3.43. The van der Waals surface area contributed by atoms with E-state index < -0.39 is 10.1 Å². The van der Waals surface area contributed by atoms with Gasteiger partial charge in [-0.05, 0) is 19.9 Å². The van der Waals surface area contributed by atoms with Crippen LogP contribution in [0.2, 0.25) is 0 Å². The molecule has 1 rings (SSSR count). The predicted octanol–water partition coefficient (Wildman–Crippen LogP) is 0.892. The maximum Gasteiger partial charge on any atom is 0.264 e. The fourth-order valence-electron chi connectivity index (χ4n) is 1.02. The highest BCUT2D eigenvalue weighted by Crippen LogP contribution is 2.17. The Morgan fingerprint density at radius 2 is 2.00 bits per heavy atom. The van der Waals surface area contributed by atoms with Crippen molar-refractivity contribution in [1.29, 1.82) is 0 Å². The molecule has 1 fully saturated rings. The summed E-state index contributed by atoms with van der Waals surface area (Å²) in [5.74, 6) is 1.19. The topological polar surface area (TPSA) is 136 Å². The molecule has 0 spiro atoms. The zero-order valence-electron chi connectivity index (χ0n) is 11.3. The third-order valence-corrected chi connectivity index (χ3v) is 3.73. The highest BCUT2D eigenvalue weighted by atomic mass is 32.2. The molecule has 5 N–H and O–H groups in total. The van der Waals surface area contributed by atoms with Crippen molar-refractivity contribution < 1.29 is 17.8 Å². The van der Waals surface area contributed by atoms with Crippen LogP contribution in [0.4, 0.5) is 0 Å². The lowest BCUT2D eigenvalue weighted by molar-refractivity contribution is -0.110. The van der Waals surface area contributed by atoms with Crippen LogP contribution in [0.25, 0.3) is 0 Å². The molecule has 0 bridgehead atoms. The quantitative estimate of drug-likeness (QED) is 0.396. The molecule has 1 aliphatic heterocycles. The van der Waals surface area contributed by atoms with Crippen molar-refractivity contribution in [2.75, 3.05) is 25.6 Å². The number of carbonyl (C=O) groups excluding carboxylic acids is 1. The fraction of sp³-hybridized carbons (Fsp3) is 0.818. The van der Waals surface area contributed by atoms with Gasteiger partial charge < -0.3 is 11.5 Å². The molecule has 0 aliphatic carbocycles. The van der Waals surface area contributed by atoms with Gasteiger partial charge in [0.25, 0.3) is 10.1 Å². The van der Waals surface area contributed by atoms with Gasteiger partial charge in [-0.3, -0.25) is 14.3 Å². The Kier molecular flexibility index (Phi) is 18.0. The number of hydrogen-bond donors (Lipinski definition) is 3. The highest BCUT2D eigenvalue weighted by molar-refractivity contribution is 8.14. The molecule has 0 aromatic carbocycles. The minimum Gasteiger partial charge on any atom is -0.387 e. The molecule has 0 saturated carbocycles. The molecule has 0 amide bonds. The van der Waals surface area contributed by atoms with Crippen LogP contribution in [0.15, 0.2) is 4.99 Å². The van der Waals surface area contributed by atoms with E-state index >= 15 is 0 Å². The van der Waals surface area contributed by atoms with Crippen molar-refractivity contribution in [2.45, 2.75) is 33.1 Å². The molecule has 0 aromatic heterocycles. The zero-order chi connectivity index (χ0) is 15.3. The Labute approximate surface area is 126 Å². The molecule has 1 heterocycles. The maximum atomic E-state index is 10.2. The minimum atomic E-state index is -3.84. The molecule has 9 heteroatoms. The summed E-state index contributed by atoms with van der Waals surface area (Å²) in [4.78, 5) is 13.8. The second kappa shape index (κ2) is 14.8. The van der Waals surface area contributed by atoms with Crippen LogP contribution < -0.4 is 11.5 Å². The lowest BCUT2D eigenvalue weighted by Gasteiger charge is -1.96. The van der Waals surface area contributed by atoms with Crippen LogP contribution in [-0.2, 0) is 14.9 Å². The van der Waals surface area contributed by atoms with Gasteiger partial charge in [-0.1, -0.05) is 19.2 Å². The third-order valence-electron chi connectivity index (χ3n) is 1.91. The van der Waals surface area contributed by atoms with E-state index in [1.165, 1.54) is 25.9 Å². The number of amidine groups is 1. The van der Waals surface area contributed by atoms with Gasteiger partial charge in [0, 0.05) is 25.6 Å². The van der Waals surface area contributed by atoms with Gasteiger partial charge in [-0.15, -0.1) is 0 Å². The molecule has 7 nitrogen and oxygen atoms in total. The van der Waals surface area contributed by atoms with Gasteiger partial charge in [0.1, 0.15) is 0 Å². The summed E-state index contributed by atoms with van der Waals surface area (Å²) in [6.45, 7) is 0. The Bertz CT molecular complexity index is 362. The highest BCUT2D eigenvalue weighted by Gasteiger charge is 2.08. The van der Waals surface area contributed by atoms with Crippen LogP contribution in [-0.4, -0.2) is 49.5 Å². The van der Waals surface area contributed by atoms with Gasteiger partial charge >= 0.3 is 0 Å². The lowest BCUT2D eigenvalue weighted by atomic mass is 10.3. The van der Waals surface area contributed by atoms with Crippen LogP contribution in [0.1, 0.15) is 33.1 Å². The van der Waals surface area contributed by atoms with Crippen molar-refractivity contribution in [2.24, 2.45) is 16.5 Å². The van der Waals surface area contributed by atoms with E-state index in [4.69, 9.17) is 10.3 Å². The summed E-state index contributed by atoms with van der Waals surface area (Å²) in [6, 6.07) is 0. The standard InChI is InChI=1S/C5H12N2O3S.C4H6OS.CH5N.CH4/c1-7-5(6)3-2-4-11(8,9)10;5-4-2-1-3-6-4;1-2;/h2-4H2,1H3,(H2,6,7)(H,8,9,10);1-3H2;2H2,1H3;1H4. The molecular formula is C11H27N3O4S2. The van der Waals surface area contributed by atoms with Crippen molar-refractivity contribution in [3.8, 4) is 0 Å². The molecule has 1 saturated heterocycles. The Hall–Kier alpha value is -0.640. The molecular weight excluding hydrogens is 302 g/mol. The summed E-state index contributed by atoms with van der Waals surface area (Å²) in [6.07, 6.45) is 2.62. The first-order valence-corrected chi connectivity index (χ1v) is 8.34. The molecule has 1 aliphatic rings. The fourth-order valence-corrected chi connectivity index (χ4v) is 2.34. The van der Waals surface area contributed by atoms with Crippen molar-refractivity contribution in [1.82, 2.24) is 0 Å². The average Bonchev–Trinajstić information content (AvgIpc) is 2.82. The van der Waals surface area contributed by atoms with Crippen LogP contribution in [0.3, 0.4) is 0 Å². The smallest absolute Gasteiger partial charge is 0.264 e. The van der Waals surface area contributed by atoms with E-state index in [-0.39, 0.29) is 13.2 Å². The normalized spacial score (nSPS) is 14.4. The number of nitrogens with two attached hydrogens (primary N) is 2. The van der Waals surface area contributed by atoms with E-state index in [0.717, 1.165) is 18.6 Å². The number of thioether (sulfide) groups is 1. The number of aliphatic imine (C=N–C) groups is 1. The number of rotatable bonds is 4. The molecule has 0 radical (unpaired) electrons. The Balaban J connectivity index is -0.000000271. The van der Waals surface area contributed by atoms with E-state index in [9.17, 15) is 13.2 Å². The van der Waals surface area contributed by atoms with Gasteiger partial charge in [-0.2, -0.15) is 8.42 Å².